The summed E-state index contributed by atoms with van der Waals surface area (Å²) in [6.45, 7) is 1.96. The average Bonchev–Trinajstić information content (AvgIpc) is 2.28. The van der Waals surface area contributed by atoms with Gasteiger partial charge in [0.25, 0.3) is 0 Å². The minimum atomic E-state index is -1.03. The summed E-state index contributed by atoms with van der Waals surface area (Å²) in [5, 5.41) is 9.78. The zero-order valence-corrected chi connectivity index (χ0v) is 8.84. The fraction of sp³-hybridized carbons (Fsp3) is 0.167. The molecule has 0 spiro atoms. The monoisotopic (exact) mass is 216 g/mol. The van der Waals surface area contributed by atoms with Crippen molar-refractivity contribution in [3.05, 3.63) is 41.6 Å². The number of aromatic nitrogens is 1. The van der Waals surface area contributed by atoms with Crippen LogP contribution in [0.2, 0.25) is 0 Å². The molecule has 4 heteroatoms. The Morgan fingerprint density at radius 2 is 2.19 bits per heavy atom. The van der Waals surface area contributed by atoms with E-state index in [4.69, 9.17) is 10.8 Å². The summed E-state index contributed by atoms with van der Waals surface area (Å²) >= 11 is 0. The van der Waals surface area contributed by atoms with Gasteiger partial charge in [-0.15, -0.1) is 0 Å². The Hall–Kier alpha value is -1.94. The van der Waals surface area contributed by atoms with Crippen molar-refractivity contribution >= 4 is 16.9 Å². The minimum absolute atomic E-state index is 0.594. The Morgan fingerprint density at radius 1 is 1.44 bits per heavy atom. The number of nitrogens with zero attached hydrogens (tertiary/aromatic N) is 1. The van der Waals surface area contributed by atoms with Crippen molar-refractivity contribution in [3.8, 4) is 0 Å². The zero-order valence-electron chi connectivity index (χ0n) is 8.84. The smallest absolute Gasteiger partial charge is 0.325 e. The lowest BCUT2D eigenvalue weighted by molar-refractivity contribution is -0.138. The molecule has 16 heavy (non-hydrogen) atoms. The lowest BCUT2D eigenvalue weighted by atomic mass is 10.0. The molecular formula is C12H12N2O2. The number of hydrogen-bond acceptors (Lipinski definition) is 3. The third kappa shape index (κ3) is 1.75. The molecule has 1 aromatic carbocycles. The Bertz CT molecular complexity index is 552. The molecular weight excluding hydrogens is 204 g/mol. The van der Waals surface area contributed by atoms with Gasteiger partial charge in [-0.25, -0.2) is 0 Å². The topological polar surface area (TPSA) is 76.2 Å². The maximum absolute atomic E-state index is 10.8. The van der Waals surface area contributed by atoms with E-state index in [0.717, 1.165) is 16.5 Å². The fourth-order valence-corrected chi connectivity index (χ4v) is 1.64. The van der Waals surface area contributed by atoms with Crippen LogP contribution in [-0.2, 0) is 4.79 Å². The minimum Gasteiger partial charge on any atom is -0.480 e. The van der Waals surface area contributed by atoms with Crippen LogP contribution >= 0.6 is 0 Å². The molecule has 2 aromatic rings. The summed E-state index contributed by atoms with van der Waals surface area (Å²) in [6, 6.07) is 6.19. The van der Waals surface area contributed by atoms with Gasteiger partial charge in [0.2, 0.25) is 0 Å². The SMILES string of the molecule is Cc1ccnc2ccc(C(N)C(=O)O)cc12. The Kier molecular flexibility index (Phi) is 2.58. The number of nitrogens with two attached hydrogens (primary N) is 1. The largest absolute Gasteiger partial charge is 0.480 e. The first-order chi connectivity index (χ1) is 7.59. The first-order valence-electron chi connectivity index (χ1n) is 4.93. The number of aryl methyl sites for hydroxylation is 1. The average molecular weight is 216 g/mol. The molecule has 0 aliphatic rings. The van der Waals surface area contributed by atoms with Gasteiger partial charge in [0.05, 0.1) is 5.52 Å². The number of hydrogen-bond donors (Lipinski definition) is 2. The van der Waals surface area contributed by atoms with Gasteiger partial charge in [-0.2, -0.15) is 0 Å². The highest BCUT2D eigenvalue weighted by atomic mass is 16.4. The van der Waals surface area contributed by atoms with Gasteiger partial charge >= 0.3 is 5.97 Å². The van der Waals surface area contributed by atoms with Crippen LogP contribution < -0.4 is 5.73 Å². The van der Waals surface area contributed by atoms with Gasteiger partial charge in [0.15, 0.2) is 0 Å². The van der Waals surface area contributed by atoms with E-state index >= 15 is 0 Å². The van der Waals surface area contributed by atoms with Crippen molar-refractivity contribution in [3.63, 3.8) is 0 Å². The normalized spacial score (nSPS) is 12.6. The first kappa shape index (κ1) is 10.6. The molecule has 0 aliphatic carbocycles. The summed E-state index contributed by atoms with van der Waals surface area (Å²) in [4.78, 5) is 15.0. The molecule has 4 nitrogen and oxygen atoms in total. The Labute approximate surface area is 92.7 Å². The van der Waals surface area contributed by atoms with Crippen LogP contribution in [0.5, 0.6) is 0 Å². The van der Waals surface area contributed by atoms with Crippen molar-refractivity contribution in [2.24, 2.45) is 5.73 Å². The standard InChI is InChI=1S/C12H12N2O2/c1-7-4-5-14-10-3-2-8(6-9(7)10)11(13)12(15)16/h2-6,11H,13H2,1H3,(H,15,16). The van der Waals surface area contributed by atoms with E-state index < -0.39 is 12.0 Å². The maximum atomic E-state index is 10.8. The van der Waals surface area contributed by atoms with Crippen LogP contribution in [0.4, 0.5) is 0 Å². The third-order valence-electron chi connectivity index (χ3n) is 2.61. The summed E-state index contributed by atoms with van der Waals surface area (Å²) < 4.78 is 0. The molecule has 0 saturated heterocycles. The molecule has 0 bridgehead atoms. The fourth-order valence-electron chi connectivity index (χ4n) is 1.64. The second-order valence-corrected chi connectivity index (χ2v) is 3.72. The number of carboxylic acids is 1. The van der Waals surface area contributed by atoms with Crippen LogP contribution in [0, 0.1) is 6.92 Å². The molecule has 1 atom stereocenters. The number of rotatable bonds is 2. The van der Waals surface area contributed by atoms with E-state index in [-0.39, 0.29) is 0 Å². The first-order valence-corrected chi connectivity index (χ1v) is 4.93. The van der Waals surface area contributed by atoms with Crippen molar-refractivity contribution < 1.29 is 9.90 Å². The predicted octanol–water partition coefficient (Wildman–Crippen LogP) is 1.63. The van der Waals surface area contributed by atoms with E-state index in [0.29, 0.717) is 5.56 Å². The van der Waals surface area contributed by atoms with Gasteiger partial charge < -0.3 is 10.8 Å². The van der Waals surface area contributed by atoms with Gasteiger partial charge in [-0.1, -0.05) is 6.07 Å². The van der Waals surface area contributed by atoms with E-state index in [2.05, 4.69) is 4.98 Å². The van der Waals surface area contributed by atoms with Crippen LogP contribution in [0.3, 0.4) is 0 Å². The third-order valence-corrected chi connectivity index (χ3v) is 2.61. The van der Waals surface area contributed by atoms with Gasteiger partial charge in [0.1, 0.15) is 6.04 Å². The maximum Gasteiger partial charge on any atom is 0.325 e. The lowest BCUT2D eigenvalue weighted by Crippen LogP contribution is -2.20. The number of carbonyl (C=O) groups is 1. The highest BCUT2D eigenvalue weighted by Crippen LogP contribution is 2.20. The second kappa shape index (κ2) is 3.90. The molecule has 0 saturated carbocycles. The Balaban J connectivity index is 2.59. The van der Waals surface area contributed by atoms with Gasteiger partial charge in [-0.3, -0.25) is 9.78 Å². The summed E-state index contributed by atoms with van der Waals surface area (Å²) in [5.41, 5.74) is 8.06. The lowest BCUT2D eigenvalue weighted by Gasteiger charge is -2.08. The van der Waals surface area contributed by atoms with Crippen LogP contribution in [0.25, 0.3) is 10.9 Å². The van der Waals surface area contributed by atoms with Crippen LogP contribution in [0.15, 0.2) is 30.5 Å². The molecule has 1 heterocycles. The molecule has 0 radical (unpaired) electrons. The van der Waals surface area contributed by atoms with Crippen molar-refractivity contribution in [2.75, 3.05) is 0 Å². The Morgan fingerprint density at radius 3 is 2.88 bits per heavy atom. The molecule has 0 amide bonds. The molecule has 2 rings (SSSR count). The van der Waals surface area contributed by atoms with E-state index in [1.165, 1.54) is 0 Å². The molecule has 1 unspecified atom stereocenters. The molecule has 1 aromatic heterocycles. The zero-order chi connectivity index (χ0) is 11.7. The van der Waals surface area contributed by atoms with Crippen molar-refractivity contribution in [2.45, 2.75) is 13.0 Å². The molecule has 0 aliphatic heterocycles. The quantitative estimate of drug-likeness (QED) is 0.799. The highest BCUT2D eigenvalue weighted by molar-refractivity contribution is 5.84. The predicted molar refractivity (Wildman–Crippen MR) is 61.0 cm³/mol. The van der Waals surface area contributed by atoms with Crippen molar-refractivity contribution in [1.82, 2.24) is 4.98 Å². The van der Waals surface area contributed by atoms with Gasteiger partial charge in [-0.05, 0) is 36.2 Å². The molecule has 0 fully saturated rings. The van der Waals surface area contributed by atoms with Gasteiger partial charge in [0, 0.05) is 11.6 Å². The molecule has 82 valence electrons. The second-order valence-electron chi connectivity index (χ2n) is 3.72. The summed E-state index contributed by atoms with van der Waals surface area (Å²) in [6.07, 6.45) is 1.73. The van der Waals surface area contributed by atoms with Crippen LogP contribution in [-0.4, -0.2) is 16.1 Å². The number of pyridine rings is 1. The van der Waals surface area contributed by atoms with E-state index in [1.807, 2.05) is 13.0 Å². The number of fused-ring (bicyclic) bond motifs is 1. The number of aliphatic carboxylic acids is 1. The summed E-state index contributed by atoms with van der Waals surface area (Å²) in [7, 11) is 0. The number of carboxylic acid groups (broad SMARTS) is 1. The van der Waals surface area contributed by atoms with Crippen LogP contribution in [0.1, 0.15) is 17.2 Å². The molecule has 3 N–H and O–H groups in total. The summed E-state index contributed by atoms with van der Waals surface area (Å²) in [5.74, 6) is -1.03. The van der Waals surface area contributed by atoms with E-state index in [9.17, 15) is 4.79 Å². The van der Waals surface area contributed by atoms with Crippen molar-refractivity contribution in [1.29, 1.82) is 0 Å². The van der Waals surface area contributed by atoms with E-state index in [1.54, 1.807) is 24.4 Å². The highest BCUT2D eigenvalue weighted by Gasteiger charge is 2.14. The number of benzene rings is 1.